The maximum absolute atomic E-state index is 11.7. The molecule has 88 valence electrons. The first-order chi connectivity index (χ1) is 7.42. The Bertz CT molecular complexity index is 366. The molecule has 0 unspecified atom stereocenters. The Morgan fingerprint density at radius 1 is 1.38 bits per heavy atom. The van der Waals surface area contributed by atoms with Crippen LogP contribution in [0.3, 0.4) is 0 Å². The average molecular weight is 221 g/mol. The Morgan fingerprint density at radius 3 is 2.62 bits per heavy atom. The normalized spacial score (nSPS) is 11.2. The van der Waals surface area contributed by atoms with Gasteiger partial charge in [-0.3, -0.25) is 0 Å². The van der Waals surface area contributed by atoms with Crippen LogP contribution in [0, 0.1) is 5.41 Å². The van der Waals surface area contributed by atoms with Gasteiger partial charge in [0.25, 0.3) is 0 Å². The third-order valence-electron chi connectivity index (χ3n) is 2.03. The van der Waals surface area contributed by atoms with Gasteiger partial charge >= 0.3 is 5.97 Å². The lowest BCUT2D eigenvalue weighted by Gasteiger charge is -2.17. The Kier molecular flexibility index (Phi) is 4.07. The van der Waals surface area contributed by atoms with Crippen molar-refractivity contribution in [1.29, 1.82) is 0 Å². The zero-order valence-corrected chi connectivity index (χ0v) is 10.1. The number of benzene rings is 1. The van der Waals surface area contributed by atoms with E-state index in [1.807, 2.05) is 32.9 Å². The Labute approximate surface area is 96.6 Å². The predicted molar refractivity (Wildman–Crippen MR) is 64.1 cm³/mol. The first-order valence-electron chi connectivity index (χ1n) is 5.38. The van der Waals surface area contributed by atoms with Gasteiger partial charge in [0.2, 0.25) is 0 Å². The van der Waals surface area contributed by atoms with Gasteiger partial charge in [0.15, 0.2) is 0 Å². The zero-order chi connectivity index (χ0) is 12.2. The maximum Gasteiger partial charge on any atom is 0.338 e. The van der Waals surface area contributed by atoms with E-state index < -0.39 is 0 Å². The van der Waals surface area contributed by atoms with E-state index in [1.165, 1.54) is 0 Å². The first-order valence-corrected chi connectivity index (χ1v) is 5.38. The number of nitrogens with two attached hydrogens (primary N) is 1. The van der Waals surface area contributed by atoms with Crippen molar-refractivity contribution in [2.24, 2.45) is 11.1 Å². The van der Waals surface area contributed by atoms with Crippen LogP contribution < -0.4 is 5.73 Å². The Morgan fingerprint density at radius 2 is 2.06 bits per heavy atom. The molecule has 1 rings (SSSR count). The molecule has 0 atom stereocenters. The molecule has 0 saturated heterocycles. The lowest BCUT2D eigenvalue weighted by Crippen LogP contribution is -2.18. The molecule has 2 N–H and O–H groups in total. The number of hydrogen-bond donors (Lipinski definition) is 1. The summed E-state index contributed by atoms with van der Waals surface area (Å²) >= 11 is 0. The van der Waals surface area contributed by atoms with Crippen LogP contribution in [-0.4, -0.2) is 12.6 Å². The van der Waals surface area contributed by atoms with Gasteiger partial charge in [0.1, 0.15) is 0 Å². The van der Waals surface area contributed by atoms with Crippen molar-refractivity contribution in [1.82, 2.24) is 0 Å². The van der Waals surface area contributed by atoms with E-state index >= 15 is 0 Å². The molecule has 0 aliphatic heterocycles. The molecule has 0 saturated carbocycles. The smallest absolute Gasteiger partial charge is 0.338 e. The van der Waals surface area contributed by atoms with Gasteiger partial charge in [-0.2, -0.15) is 0 Å². The summed E-state index contributed by atoms with van der Waals surface area (Å²) in [5.41, 5.74) is 6.99. The zero-order valence-electron chi connectivity index (χ0n) is 10.1. The summed E-state index contributed by atoms with van der Waals surface area (Å²) in [6, 6.07) is 7.21. The van der Waals surface area contributed by atoms with Crippen molar-refractivity contribution in [2.75, 3.05) is 6.61 Å². The average Bonchev–Trinajstić information content (AvgIpc) is 2.25. The minimum atomic E-state index is -0.287. The molecule has 0 radical (unpaired) electrons. The fourth-order valence-corrected chi connectivity index (χ4v) is 1.19. The number of carbonyl (C=O) groups excluding carboxylic acids is 1. The van der Waals surface area contributed by atoms with Gasteiger partial charge in [-0.05, 0) is 23.1 Å². The first kappa shape index (κ1) is 12.7. The van der Waals surface area contributed by atoms with Crippen LogP contribution in [0.25, 0.3) is 0 Å². The monoisotopic (exact) mass is 221 g/mol. The highest BCUT2D eigenvalue weighted by Crippen LogP contribution is 2.14. The third kappa shape index (κ3) is 4.03. The lowest BCUT2D eigenvalue weighted by molar-refractivity contribution is 0.0367. The van der Waals surface area contributed by atoms with E-state index in [0.29, 0.717) is 18.7 Å². The summed E-state index contributed by atoms with van der Waals surface area (Å²) in [6.07, 6.45) is 0. The number of hydrogen-bond acceptors (Lipinski definition) is 3. The quantitative estimate of drug-likeness (QED) is 0.797. The number of rotatable bonds is 3. The molecule has 0 aliphatic rings. The van der Waals surface area contributed by atoms with Crippen LogP contribution in [-0.2, 0) is 11.3 Å². The molecule has 0 bridgehead atoms. The molecule has 3 heteroatoms. The van der Waals surface area contributed by atoms with Gasteiger partial charge < -0.3 is 10.5 Å². The minimum absolute atomic E-state index is 0.0128. The Hall–Kier alpha value is -1.35. The highest BCUT2D eigenvalue weighted by atomic mass is 16.5. The van der Waals surface area contributed by atoms with Crippen LogP contribution >= 0.6 is 0 Å². The minimum Gasteiger partial charge on any atom is -0.462 e. The van der Waals surface area contributed by atoms with Crippen LogP contribution in [0.1, 0.15) is 36.7 Å². The van der Waals surface area contributed by atoms with Crippen molar-refractivity contribution in [3.8, 4) is 0 Å². The standard InChI is InChI=1S/C13H19NO2/c1-13(2,3)9-16-12(15)11-6-4-5-10(7-11)8-14/h4-7H,8-9,14H2,1-3H3. The second-order valence-electron chi connectivity index (χ2n) is 5.04. The number of carbonyl (C=O) groups is 1. The summed E-state index contributed by atoms with van der Waals surface area (Å²) in [6.45, 7) is 6.92. The van der Waals surface area contributed by atoms with Crippen molar-refractivity contribution in [2.45, 2.75) is 27.3 Å². The highest BCUT2D eigenvalue weighted by Gasteiger charge is 2.14. The summed E-state index contributed by atoms with van der Waals surface area (Å²) < 4.78 is 5.21. The van der Waals surface area contributed by atoms with E-state index in [-0.39, 0.29) is 11.4 Å². The second kappa shape index (κ2) is 5.12. The molecular formula is C13H19NO2. The largest absolute Gasteiger partial charge is 0.462 e. The third-order valence-corrected chi connectivity index (χ3v) is 2.03. The predicted octanol–water partition coefficient (Wildman–Crippen LogP) is 2.35. The van der Waals surface area contributed by atoms with Crippen molar-refractivity contribution >= 4 is 5.97 Å². The molecule has 0 amide bonds. The lowest BCUT2D eigenvalue weighted by atomic mass is 9.99. The maximum atomic E-state index is 11.7. The second-order valence-corrected chi connectivity index (χ2v) is 5.04. The molecule has 0 aromatic heterocycles. The number of ether oxygens (including phenoxy) is 1. The molecule has 0 fully saturated rings. The molecule has 3 nitrogen and oxygen atoms in total. The van der Waals surface area contributed by atoms with E-state index in [1.54, 1.807) is 12.1 Å². The van der Waals surface area contributed by atoms with Gasteiger partial charge in [0, 0.05) is 6.54 Å². The molecule has 1 aromatic rings. The SMILES string of the molecule is CC(C)(C)COC(=O)c1cccc(CN)c1. The van der Waals surface area contributed by atoms with Crippen LogP contribution in [0.2, 0.25) is 0 Å². The van der Waals surface area contributed by atoms with E-state index in [9.17, 15) is 4.79 Å². The van der Waals surface area contributed by atoms with Gasteiger partial charge in [-0.15, -0.1) is 0 Å². The molecule has 0 heterocycles. The van der Waals surface area contributed by atoms with Crippen molar-refractivity contribution < 1.29 is 9.53 Å². The van der Waals surface area contributed by atoms with Gasteiger partial charge in [0.05, 0.1) is 12.2 Å². The van der Waals surface area contributed by atoms with Crippen LogP contribution in [0.15, 0.2) is 24.3 Å². The molecule has 0 aliphatic carbocycles. The van der Waals surface area contributed by atoms with Crippen LogP contribution in [0.4, 0.5) is 0 Å². The van der Waals surface area contributed by atoms with Crippen molar-refractivity contribution in [3.63, 3.8) is 0 Å². The molecule has 0 spiro atoms. The van der Waals surface area contributed by atoms with Crippen LogP contribution in [0.5, 0.6) is 0 Å². The summed E-state index contributed by atoms with van der Waals surface area (Å²) in [7, 11) is 0. The summed E-state index contributed by atoms with van der Waals surface area (Å²) in [5.74, 6) is -0.287. The molecule has 16 heavy (non-hydrogen) atoms. The Balaban J connectivity index is 2.66. The summed E-state index contributed by atoms with van der Waals surface area (Å²) in [4.78, 5) is 11.7. The van der Waals surface area contributed by atoms with E-state index in [2.05, 4.69) is 0 Å². The molecular weight excluding hydrogens is 202 g/mol. The molecule has 1 aromatic carbocycles. The topological polar surface area (TPSA) is 52.3 Å². The summed E-state index contributed by atoms with van der Waals surface area (Å²) in [5, 5.41) is 0. The fourth-order valence-electron chi connectivity index (χ4n) is 1.19. The fraction of sp³-hybridized carbons (Fsp3) is 0.462. The van der Waals surface area contributed by atoms with E-state index in [4.69, 9.17) is 10.5 Å². The van der Waals surface area contributed by atoms with Gasteiger partial charge in [-0.25, -0.2) is 4.79 Å². The van der Waals surface area contributed by atoms with E-state index in [0.717, 1.165) is 5.56 Å². The van der Waals surface area contributed by atoms with Gasteiger partial charge in [-0.1, -0.05) is 32.9 Å². The number of esters is 1. The highest BCUT2D eigenvalue weighted by molar-refractivity contribution is 5.89. The van der Waals surface area contributed by atoms with Crippen molar-refractivity contribution in [3.05, 3.63) is 35.4 Å².